The number of aliphatic imine (C=N–C) groups is 1. The van der Waals surface area contributed by atoms with Crippen LogP contribution in [0.2, 0.25) is 0 Å². The molecule has 0 fully saturated rings. The zero-order valence-corrected chi connectivity index (χ0v) is 13.3. The van der Waals surface area contributed by atoms with Gasteiger partial charge < -0.3 is 15.4 Å². The van der Waals surface area contributed by atoms with E-state index in [2.05, 4.69) is 15.6 Å². The number of hydrogen-bond acceptors (Lipinski definition) is 4. The Morgan fingerprint density at radius 2 is 1.90 bits per heavy atom. The second-order valence-corrected chi connectivity index (χ2v) is 6.62. The van der Waals surface area contributed by atoms with Gasteiger partial charge in [0.1, 0.15) is 17.0 Å². The van der Waals surface area contributed by atoms with Crippen LogP contribution in [0.5, 0.6) is 0 Å². The Labute approximate surface area is 120 Å². The summed E-state index contributed by atoms with van der Waals surface area (Å²) in [4.78, 5) is 28.1. The van der Waals surface area contributed by atoms with Gasteiger partial charge in [0.2, 0.25) is 0 Å². The summed E-state index contributed by atoms with van der Waals surface area (Å²) in [6.45, 7) is 12.8. The zero-order valence-electron chi connectivity index (χ0n) is 13.3. The number of amides is 2. The summed E-state index contributed by atoms with van der Waals surface area (Å²) in [5.74, 6) is 0.408. The zero-order chi connectivity index (χ0) is 15.7. The largest absolute Gasteiger partial charge is 0.444 e. The fourth-order valence-electron chi connectivity index (χ4n) is 1.72. The number of alkyl carbamates (subject to hydrolysis) is 1. The van der Waals surface area contributed by atoms with E-state index in [1.54, 1.807) is 34.6 Å². The van der Waals surface area contributed by atoms with Gasteiger partial charge in [-0.25, -0.2) is 4.79 Å². The molecule has 0 saturated carbocycles. The molecule has 1 aliphatic heterocycles. The Hall–Kier alpha value is -1.59. The SMILES string of the molecule is CC(C)C1(C)N=C([C@H](C)NC(=O)OC(C)(C)C)NC1=O. The van der Waals surface area contributed by atoms with E-state index in [0.29, 0.717) is 5.84 Å². The third kappa shape index (κ3) is 3.71. The van der Waals surface area contributed by atoms with Crippen LogP contribution in [0.1, 0.15) is 48.5 Å². The average Bonchev–Trinajstić information content (AvgIpc) is 2.53. The lowest BCUT2D eigenvalue weighted by atomic mass is 9.89. The summed E-state index contributed by atoms with van der Waals surface area (Å²) in [5, 5.41) is 5.40. The van der Waals surface area contributed by atoms with Crippen LogP contribution in [0.15, 0.2) is 4.99 Å². The Kier molecular flexibility index (Phi) is 4.46. The van der Waals surface area contributed by atoms with Crippen molar-refractivity contribution >= 4 is 17.8 Å². The molecule has 6 nitrogen and oxygen atoms in total. The lowest BCUT2D eigenvalue weighted by Crippen LogP contribution is -2.47. The van der Waals surface area contributed by atoms with Gasteiger partial charge in [-0.15, -0.1) is 0 Å². The Balaban J connectivity index is 2.73. The van der Waals surface area contributed by atoms with Crippen LogP contribution >= 0.6 is 0 Å². The minimum absolute atomic E-state index is 0.0775. The van der Waals surface area contributed by atoms with Gasteiger partial charge in [-0.05, 0) is 40.5 Å². The van der Waals surface area contributed by atoms with Crippen molar-refractivity contribution < 1.29 is 14.3 Å². The smallest absolute Gasteiger partial charge is 0.408 e. The maximum atomic E-state index is 12.0. The van der Waals surface area contributed by atoms with Gasteiger partial charge in [-0.2, -0.15) is 0 Å². The fourth-order valence-corrected chi connectivity index (χ4v) is 1.72. The molecule has 0 aromatic carbocycles. The van der Waals surface area contributed by atoms with Crippen molar-refractivity contribution in [1.29, 1.82) is 0 Å². The molecule has 114 valence electrons. The molecule has 0 spiro atoms. The van der Waals surface area contributed by atoms with Gasteiger partial charge in [0.05, 0.1) is 6.04 Å². The summed E-state index contributed by atoms with van der Waals surface area (Å²) in [5.41, 5.74) is -1.34. The molecule has 0 aliphatic carbocycles. The Morgan fingerprint density at radius 3 is 2.30 bits per heavy atom. The first kappa shape index (κ1) is 16.5. The van der Waals surface area contributed by atoms with Crippen LogP contribution in [-0.4, -0.2) is 35.0 Å². The van der Waals surface area contributed by atoms with E-state index in [4.69, 9.17) is 4.74 Å². The van der Waals surface area contributed by atoms with E-state index >= 15 is 0 Å². The summed E-state index contributed by atoms with van der Waals surface area (Å²) in [6.07, 6.45) is -0.528. The molecule has 20 heavy (non-hydrogen) atoms. The minimum Gasteiger partial charge on any atom is -0.444 e. The van der Waals surface area contributed by atoms with Crippen molar-refractivity contribution in [3.05, 3.63) is 0 Å². The van der Waals surface area contributed by atoms with Crippen molar-refractivity contribution in [1.82, 2.24) is 10.6 Å². The molecule has 1 rings (SSSR count). The number of ether oxygens (including phenoxy) is 1. The van der Waals surface area contributed by atoms with E-state index in [1.165, 1.54) is 0 Å². The van der Waals surface area contributed by atoms with Crippen LogP contribution < -0.4 is 10.6 Å². The van der Waals surface area contributed by atoms with Crippen LogP contribution in [0.3, 0.4) is 0 Å². The van der Waals surface area contributed by atoms with Crippen LogP contribution in [0.25, 0.3) is 0 Å². The van der Waals surface area contributed by atoms with E-state index in [-0.39, 0.29) is 11.8 Å². The van der Waals surface area contributed by atoms with Crippen molar-refractivity contribution in [3.63, 3.8) is 0 Å². The third-order valence-electron chi connectivity index (χ3n) is 3.32. The predicted molar refractivity (Wildman–Crippen MR) is 77.7 cm³/mol. The normalized spacial score (nSPS) is 24.2. The maximum absolute atomic E-state index is 12.0. The highest BCUT2D eigenvalue weighted by Gasteiger charge is 2.43. The minimum atomic E-state index is -0.779. The highest BCUT2D eigenvalue weighted by molar-refractivity contribution is 6.10. The van der Waals surface area contributed by atoms with Gasteiger partial charge in [0.25, 0.3) is 5.91 Å². The molecule has 2 atom stereocenters. The standard InChI is InChI=1S/C14H25N3O3/c1-8(2)14(7)11(18)16-10(17-14)9(3)15-12(19)20-13(4,5)6/h8-9H,1-7H3,(H,15,19)(H,16,17,18)/t9-,14?/m0/s1. The predicted octanol–water partition coefficient (Wildman–Crippen LogP) is 1.84. The summed E-state index contributed by atoms with van der Waals surface area (Å²) in [6, 6.07) is -0.408. The molecular weight excluding hydrogens is 258 g/mol. The van der Waals surface area contributed by atoms with Crippen molar-refractivity contribution in [2.75, 3.05) is 0 Å². The van der Waals surface area contributed by atoms with Gasteiger partial charge in [0, 0.05) is 0 Å². The van der Waals surface area contributed by atoms with Gasteiger partial charge in [-0.1, -0.05) is 13.8 Å². The summed E-state index contributed by atoms with van der Waals surface area (Å²) >= 11 is 0. The molecule has 0 saturated heterocycles. The molecule has 2 N–H and O–H groups in total. The van der Waals surface area contributed by atoms with Crippen molar-refractivity contribution in [2.24, 2.45) is 10.9 Å². The number of nitrogens with zero attached hydrogens (tertiary/aromatic N) is 1. The average molecular weight is 283 g/mol. The Bertz CT molecular complexity index is 437. The number of carbonyl (C=O) groups is 2. The molecule has 1 unspecified atom stereocenters. The molecule has 0 radical (unpaired) electrons. The first-order valence-corrected chi connectivity index (χ1v) is 6.86. The molecule has 1 aliphatic rings. The molecule has 0 aromatic rings. The van der Waals surface area contributed by atoms with E-state index in [9.17, 15) is 9.59 Å². The van der Waals surface area contributed by atoms with Crippen molar-refractivity contribution in [2.45, 2.75) is 65.6 Å². The van der Waals surface area contributed by atoms with Gasteiger partial charge in [-0.3, -0.25) is 9.79 Å². The monoisotopic (exact) mass is 283 g/mol. The molecular formula is C14H25N3O3. The maximum Gasteiger partial charge on any atom is 0.408 e. The molecule has 6 heteroatoms. The lowest BCUT2D eigenvalue weighted by Gasteiger charge is -2.22. The number of rotatable bonds is 3. The highest BCUT2D eigenvalue weighted by Crippen LogP contribution is 2.25. The molecule has 1 heterocycles. The molecule has 0 bridgehead atoms. The fraction of sp³-hybridized carbons (Fsp3) is 0.786. The highest BCUT2D eigenvalue weighted by atomic mass is 16.6. The van der Waals surface area contributed by atoms with Crippen LogP contribution in [0.4, 0.5) is 4.79 Å². The van der Waals surface area contributed by atoms with E-state index in [1.807, 2.05) is 13.8 Å². The second-order valence-electron chi connectivity index (χ2n) is 6.62. The third-order valence-corrected chi connectivity index (χ3v) is 3.32. The van der Waals surface area contributed by atoms with Gasteiger partial charge in [0.15, 0.2) is 0 Å². The number of hydrogen-bond donors (Lipinski definition) is 2. The summed E-state index contributed by atoms with van der Waals surface area (Å²) in [7, 11) is 0. The second kappa shape index (κ2) is 5.42. The van der Waals surface area contributed by atoms with E-state index in [0.717, 1.165) is 0 Å². The van der Waals surface area contributed by atoms with Crippen LogP contribution in [0, 0.1) is 5.92 Å². The molecule has 2 amide bonds. The summed E-state index contributed by atoms with van der Waals surface area (Å²) < 4.78 is 5.18. The topological polar surface area (TPSA) is 79.8 Å². The lowest BCUT2D eigenvalue weighted by molar-refractivity contribution is -0.124. The van der Waals surface area contributed by atoms with Gasteiger partial charge >= 0.3 is 6.09 Å². The van der Waals surface area contributed by atoms with Crippen molar-refractivity contribution in [3.8, 4) is 0 Å². The van der Waals surface area contributed by atoms with E-state index < -0.39 is 23.3 Å². The quantitative estimate of drug-likeness (QED) is 0.829. The number of nitrogens with one attached hydrogen (secondary N) is 2. The first-order valence-electron chi connectivity index (χ1n) is 6.86. The number of amidine groups is 1. The number of carbonyl (C=O) groups excluding carboxylic acids is 2. The van der Waals surface area contributed by atoms with Crippen LogP contribution in [-0.2, 0) is 9.53 Å². The first-order chi connectivity index (χ1) is 8.95. The Morgan fingerprint density at radius 1 is 1.35 bits per heavy atom. The molecule has 0 aromatic heterocycles.